The van der Waals surface area contributed by atoms with Gasteiger partial charge in [-0.15, -0.1) is 0 Å². The normalized spacial score (nSPS) is 18.8. The van der Waals surface area contributed by atoms with Crippen LogP contribution in [0.5, 0.6) is 11.5 Å². The zero-order valence-electron chi connectivity index (χ0n) is 11.6. The first-order valence-corrected chi connectivity index (χ1v) is 8.57. The standard InChI is InChI=1S/C16H13NO4S/c18-22(19,10-12-9-20-12)15-7-3-6-14-16(15)17-8-11-4-1-2-5-13(11)21-14/h1-8,12H,9-10H2. The second-order valence-corrected chi connectivity index (χ2v) is 7.24. The molecule has 1 fully saturated rings. The average molecular weight is 315 g/mol. The summed E-state index contributed by atoms with van der Waals surface area (Å²) in [6, 6.07) is 12.4. The molecule has 0 spiro atoms. The van der Waals surface area contributed by atoms with E-state index in [0.717, 1.165) is 5.56 Å². The molecule has 0 N–H and O–H groups in total. The summed E-state index contributed by atoms with van der Waals surface area (Å²) in [4.78, 5) is 4.54. The quantitative estimate of drug-likeness (QED) is 0.697. The highest BCUT2D eigenvalue weighted by Gasteiger charge is 2.32. The molecular weight excluding hydrogens is 302 g/mol. The first kappa shape index (κ1) is 13.5. The fraction of sp³-hybridized carbons (Fsp3) is 0.188. The summed E-state index contributed by atoms with van der Waals surface area (Å²) in [5.74, 6) is 1.08. The lowest BCUT2D eigenvalue weighted by molar-refractivity contribution is 0.422. The van der Waals surface area contributed by atoms with E-state index >= 15 is 0 Å². The van der Waals surface area contributed by atoms with E-state index in [1.54, 1.807) is 24.4 Å². The highest BCUT2D eigenvalue weighted by Crippen LogP contribution is 2.40. The maximum Gasteiger partial charge on any atom is 0.183 e. The summed E-state index contributed by atoms with van der Waals surface area (Å²) in [5.41, 5.74) is 1.16. The number of aliphatic imine (C=N–C) groups is 1. The molecule has 1 unspecified atom stereocenters. The largest absolute Gasteiger partial charge is 0.454 e. The smallest absolute Gasteiger partial charge is 0.183 e. The van der Waals surface area contributed by atoms with Gasteiger partial charge in [-0.25, -0.2) is 8.42 Å². The number of para-hydroxylation sites is 2. The fourth-order valence-electron chi connectivity index (χ4n) is 2.39. The van der Waals surface area contributed by atoms with Crippen LogP contribution in [0.15, 0.2) is 52.4 Å². The number of ether oxygens (including phenoxy) is 2. The van der Waals surface area contributed by atoms with Gasteiger partial charge in [0, 0.05) is 11.8 Å². The molecule has 0 radical (unpaired) electrons. The highest BCUT2D eigenvalue weighted by molar-refractivity contribution is 7.91. The van der Waals surface area contributed by atoms with Gasteiger partial charge in [-0.1, -0.05) is 18.2 Å². The molecule has 1 saturated heterocycles. The molecule has 2 aliphatic rings. The van der Waals surface area contributed by atoms with E-state index in [4.69, 9.17) is 9.47 Å². The van der Waals surface area contributed by atoms with Crippen LogP contribution in [0.1, 0.15) is 5.56 Å². The number of benzene rings is 2. The molecule has 0 amide bonds. The lowest BCUT2D eigenvalue weighted by Gasteiger charge is -2.11. The van der Waals surface area contributed by atoms with Crippen LogP contribution in [-0.4, -0.2) is 33.1 Å². The molecule has 0 aromatic heterocycles. The Bertz CT molecular complexity index is 869. The van der Waals surface area contributed by atoms with Crippen LogP contribution in [0.25, 0.3) is 0 Å². The Hall–Kier alpha value is -2.18. The predicted molar refractivity (Wildman–Crippen MR) is 82.0 cm³/mol. The van der Waals surface area contributed by atoms with Crippen LogP contribution in [0, 0.1) is 0 Å². The van der Waals surface area contributed by atoms with Crippen molar-refractivity contribution in [3.05, 3.63) is 48.0 Å². The Morgan fingerprint density at radius 3 is 2.68 bits per heavy atom. The van der Waals surface area contributed by atoms with Crippen molar-refractivity contribution in [3.8, 4) is 11.5 Å². The first-order chi connectivity index (χ1) is 10.6. The fourth-order valence-corrected chi connectivity index (χ4v) is 3.99. The molecule has 22 heavy (non-hydrogen) atoms. The molecule has 4 rings (SSSR count). The predicted octanol–water partition coefficient (Wildman–Crippen LogP) is 2.72. The molecule has 2 heterocycles. The number of sulfone groups is 1. The third-order valence-electron chi connectivity index (χ3n) is 3.58. The van der Waals surface area contributed by atoms with Gasteiger partial charge in [-0.2, -0.15) is 0 Å². The summed E-state index contributed by atoms with van der Waals surface area (Å²) in [6.07, 6.45) is 1.43. The number of hydrogen-bond acceptors (Lipinski definition) is 5. The van der Waals surface area contributed by atoms with Crippen LogP contribution < -0.4 is 4.74 Å². The average Bonchev–Trinajstić information content (AvgIpc) is 3.31. The third-order valence-corrected chi connectivity index (χ3v) is 5.39. The van der Waals surface area contributed by atoms with Crippen LogP contribution in [0.4, 0.5) is 5.69 Å². The second-order valence-electron chi connectivity index (χ2n) is 5.24. The first-order valence-electron chi connectivity index (χ1n) is 6.92. The van der Waals surface area contributed by atoms with E-state index in [1.165, 1.54) is 0 Å². The minimum atomic E-state index is -3.46. The highest BCUT2D eigenvalue weighted by atomic mass is 32.2. The van der Waals surface area contributed by atoms with Crippen molar-refractivity contribution < 1.29 is 17.9 Å². The van der Waals surface area contributed by atoms with E-state index in [-0.39, 0.29) is 16.8 Å². The van der Waals surface area contributed by atoms with Gasteiger partial charge < -0.3 is 9.47 Å². The molecule has 5 nitrogen and oxygen atoms in total. The topological polar surface area (TPSA) is 68.3 Å². The van der Waals surface area contributed by atoms with Gasteiger partial charge in [0.2, 0.25) is 0 Å². The van der Waals surface area contributed by atoms with Gasteiger partial charge in [0.05, 0.1) is 23.4 Å². The van der Waals surface area contributed by atoms with E-state index < -0.39 is 9.84 Å². The minimum absolute atomic E-state index is 0.0219. The van der Waals surface area contributed by atoms with E-state index in [2.05, 4.69) is 4.99 Å². The van der Waals surface area contributed by atoms with Crippen LogP contribution in [0.3, 0.4) is 0 Å². The Labute approximate surface area is 128 Å². The summed E-state index contributed by atoms with van der Waals surface area (Å²) in [5, 5.41) is 0. The molecule has 0 aliphatic carbocycles. The third kappa shape index (κ3) is 2.40. The van der Waals surface area contributed by atoms with Crippen molar-refractivity contribution >= 4 is 21.7 Å². The van der Waals surface area contributed by atoms with Crippen molar-refractivity contribution in [2.24, 2.45) is 4.99 Å². The van der Waals surface area contributed by atoms with Gasteiger partial charge >= 0.3 is 0 Å². The lowest BCUT2D eigenvalue weighted by atomic mass is 10.2. The Morgan fingerprint density at radius 2 is 1.86 bits per heavy atom. The summed E-state index contributed by atoms with van der Waals surface area (Å²) in [7, 11) is -3.46. The second kappa shape index (κ2) is 4.93. The van der Waals surface area contributed by atoms with Gasteiger partial charge in [0.1, 0.15) is 11.4 Å². The number of nitrogens with zero attached hydrogens (tertiary/aromatic N) is 1. The maximum absolute atomic E-state index is 12.5. The Balaban J connectivity index is 1.83. The number of rotatable bonds is 3. The van der Waals surface area contributed by atoms with Crippen LogP contribution >= 0.6 is 0 Å². The van der Waals surface area contributed by atoms with Gasteiger partial charge in [-0.3, -0.25) is 4.99 Å². The summed E-state index contributed by atoms with van der Waals surface area (Å²) < 4.78 is 35.9. The molecule has 2 aromatic rings. The van der Waals surface area contributed by atoms with Gasteiger partial charge in [0.15, 0.2) is 15.6 Å². The number of epoxide rings is 1. The maximum atomic E-state index is 12.5. The minimum Gasteiger partial charge on any atom is -0.454 e. The molecule has 2 aliphatic heterocycles. The van der Waals surface area contributed by atoms with Crippen molar-refractivity contribution in [1.82, 2.24) is 0 Å². The number of hydrogen-bond donors (Lipinski definition) is 0. The van der Waals surface area contributed by atoms with Crippen molar-refractivity contribution in [2.75, 3.05) is 12.4 Å². The van der Waals surface area contributed by atoms with Crippen molar-refractivity contribution in [3.63, 3.8) is 0 Å². The monoisotopic (exact) mass is 315 g/mol. The molecule has 2 aromatic carbocycles. The molecule has 0 saturated carbocycles. The molecule has 1 atom stereocenters. The number of fused-ring (bicyclic) bond motifs is 2. The molecule has 112 valence electrons. The van der Waals surface area contributed by atoms with E-state index in [9.17, 15) is 8.42 Å². The van der Waals surface area contributed by atoms with Crippen LogP contribution in [-0.2, 0) is 14.6 Å². The Morgan fingerprint density at radius 1 is 1.09 bits per heavy atom. The van der Waals surface area contributed by atoms with Crippen LogP contribution in [0.2, 0.25) is 0 Å². The SMILES string of the molecule is O=S(=O)(CC1CO1)c1cccc2c1N=Cc1ccccc1O2. The lowest BCUT2D eigenvalue weighted by Crippen LogP contribution is -2.12. The van der Waals surface area contributed by atoms with Crippen molar-refractivity contribution in [1.29, 1.82) is 0 Å². The van der Waals surface area contributed by atoms with Crippen molar-refractivity contribution in [2.45, 2.75) is 11.0 Å². The van der Waals surface area contributed by atoms with E-state index in [0.29, 0.717) is 23.8 Å². The summed E-state index contributed by atoms with van der Waals surface area (Å²) >= 11 is 0. The Kier molecular flexibility index (Phi) is 3.02. The van der Waals surface area contributed by atoms with Gasteiger partial charge in [-0.05, 0) is 24.3 Å². The molecular formula is C16H13NO4S. The van der Waals surface area contributed by atoms with E-state index in [1.807, 2.05) is 24.3 Å². The zero-order chi connectivity index (χ0) is 15.2. The zero-order valence-corrected chi connectivity index (χ0v) is 12.4. The molecule has 0 bridgehead atoms. The summed E-state index contributed by atoms with van der Waals surface area (Å²) in [6.45, 7) is 0.499. The van der Waals surface area contributed by atoms with Gasteiger partial charge in [0.25, 0.3) is 0 Å². The molecule has 6 heteroatoms.